The molecule has 0 bridgehead atoms. The van der Waals surface area contributed by atoms with Crippen molar-refractivity contribution in [2.75, 3.05) is 19.7 Å². The highest BCUT2D eigenvalue weighted by Crippen LogP contribution is 2.20. The molecule has 0 atom stereocenters. The number of carbonyl (C=O) groups is 2. The molecule has 2 heterocycles. The molecule has 1 aromatic carbocycles. The number of oxazole rings is 1. The molecule has 1 amide bonds. The zero-order valence-corrected chi connectivity index (χ0v) is 13.5. The number of fused-ring (bicyclic) bond motifs is 1. The fourth-order valence-electron chi connectivity index (χ4n) is 3.02. The second kappa shape index (κ2) is 6.90. The van der Waals surface area contributed by atoms with Crippen LogP contribution in [0.15, 0.2) is 27.4 Å². The van der Waals surface area contributed by atoms with Crippen molar-refractivity contribution in [1.82, 2.24) is 9.88 Å². The molecule has 3 rings (SSSR count). The Bertz CT molecular complexity index is 799. The van der Waals surface area contributed by atoms with Gasteiger partial charge in [-0.1, -0.05) is 6.07 Å². The molecule has 0 radical (unpaired) electrons. The Morgan fingerprint density at radius 3 is 2.79 bits per heavy atom. The predicted octanol–water partition coefficient (Wildman–Crippen LogP) is 1.47. The van der Waals surface area contributed by atoms with E-state index in [9.17, 15) is 14.4 Å². The molecular formula is C17H20N2O5. The molecule has 24 heavy (non-hydrogen) atoms. The quantitative estimate of drug-likeness (QED) is 0.856. The van der Waals surface area contributed by atoms with Crippen LogP contribution in [0, 0.1) is 5.92 Å². The summed E-state index contributed by atoms with van der Waals surface area (Å²) in [4.78, 5) is 39.7. The maximum absolute atomic E-state index is 12.4. The topological polar surface area (TPSA) is 92.6 Å². The number of hydrogen-bond donors (Lipinski definition) is 1. The molecule has 0 aliphatic carbocycles. The van der Waals surface area contributed by atoms with Gasteiger partial charge in [-0.25, -0.2) is 4.79 Å². The lowest BCUT2D eigenvalue weighted by Gasteiger charge is -2.31. The van der Waals surface area contributed by atoms with E-state index in [1.807, 2.05) is 0 Å². The van der Waals surface area contributed by atoms with Crippen molar-refractivity contribution in [2.45, 2.75) is 26.2 Å². The summed E-state index contributed by atoms with van der Waals surface area (Å²) < 4.78 is 9.98. The first-order valence-corrected chi connectivity index (χ1v) is 8.13. The second-order valence-electron chi connectivity index (χ2n) is 5.93. The highest BCUT2D eigenvalue weighted by Gasteiger charge is 2.28. The maximum atomic E-state index is 12.4. The van der Waals surface area contributed by atoms with E-state index in [0.717, 1.165) is 5.56 Å². The van der Waals surface area contributed by atoms with Gasteiger partial charge in [0, 0.05) is 13.1 Å². The van der Waals surface area contributed by atoms with Crippen molar-refractivity contribution < 1.29 is 18.7 Å². The van der Waals surface area contributed by atoms with E-state index in [2.05, 4.69) is 4.98 Å². The first-order chi connectivity index (χ1) is 11.6. The molecule has 1 aromatic heterocycles. The van der Waals surface area contributed by atoms with E-state index >= 15 is 0 Å². The van der Waals surface area contributed by atoms with Gasteiger partial charge >= 0.3 is 11.7 Å². The number of likely N-dealkylation sites (tertiary alicyclic amines) is 1. The van der Waals surface area contributed by atoms with Crippen LogP contribution in [0.4, 0.5) is 0 Å². The summed E-state index contributed by atoms with van der Waals surface area (Å²) in [5.41, 5.74) is 1.88. The van der Waals surface area contributed by atoms with Crippen LogP contribution in [-0.4, -0.2) is 41.5 Å². The van der Waals surface area contributed by atoms with E-state index in [4.69, 9.17) is 9.15 Å². The van der Waals surface area contributed by atoms with Gasteiger partial charge in [0.05, 0.1) is 24.5 Å². The number of aromatic amines is 1. The number of carbonyl (C=O) groups excluding carboxylic acids is 2. The summed E-state index contributed by atoms with van der Waals surface area (Å²) in [5.74, 6) is -0.766. The Balaban J connectivity index is 1.59. The number of aromatic nitrogens is 1. The van der Waals surface area contributed by atoms with E-state index < -0.39 is 5.76 Å². The maximum Gasteiger partial charge on any atom is 0.417 e. The van der Waals surface area contributed by atoms with Gasteiger partial charge in [0.1, 0.15) is 0 Å². The lowest BCUT2D eigenvalue weighted by Crippen LogP contribution is -2.41. The van der Waals surface area contributed by atoms with Crippen molar-refractivity contribution in [3.63, 3.8) is 0 Å². The standard InChI is InChI=1S/C17H20N2O5/c1-2-23-16(21)12-5-7-19(8-6-12)15(20)10-11-3-4-14-13(9-11)18-17(22)24-14/h3-4,9,12H,2,5-8,10H2,1H3,(H,18,22). The zero-order valence-electron chi connectivity index (χ0n) is 13.5. The molecular weight excluding hydrogens is 312 g/mol. The van der Waals surface area contributed by atoms with Gasteiger partial charge in [0.25, 0.3) is 0 Å². The third-order valence-corrected chi connectivity index (χ3v) is 4.31. The molecule has 7 heteroatoms. The normalized spacial score (nSPS) is 15.6. The summed E-state index contributed by atoms with van der Waals surface area (Å²) in [6.07, 6.45) is 1.53. The second-order valence-corrected chi connectivity index (χ2v) is 5.93. The van der Waals surface area contributed by atoms with Gasteiger partial charge < -0.3 is 14.1 Å². The summed E-state index contributed by atoms with van der Waals surface area (Å²) in [7, 11) is 0. The fourth-order valence-corrected chi connectivity index (χ4v) is 3.02. The SMILES string of the molecule is CCOC(=O)C1CCN(C(=O)Cc2ccc3oc(=O)[nH]c3c2)CC1. The van der Waals surface area contributed by atoms with Crippen LogP contribution in [0.25, 0.3) is 11.1 Å². The first-order valence-electron chi connectivity index (χ1n) is 8.13. The lowest BCUT2D eigenvalue weighted by atomic mass is 9.96. The Kier molecular flexibility index (Phi) is 4.69. The Morgan fingerprint density at radius 2 is 2.08 bits per heavy atom. The molecule has 1 N–H and O–H groups in total. The van der Waals surface area contributed by atoms with Crippen molar-refractivity contribution in [2.24, 2.45) is 5.92 Å². The molecule has 7 nitrogen and oxygen atoms in total. The van der Waals surface area contributed by atoms with Crippen LogP contribution in [0.1, 0.15) is 25.3 Å². The average Bonchev–Trinajstić information content (AvgIpc) is 2.94. The molecule has 1 saturated heterocycles. The van der Waals surface area contributed by atoms with Crippen molar-refractivity contribution >= 4 is 23.0 Å². The molecule has 0 spiro atoms. The van der Waals surface area contributed by atoms with Gasteiger partial charge in [0.15, 0.2) is 5.58 Å². The van der Waals surface area contributed by atoms with E-state index in [1.165, 1.54) is 0 Å². The molecule has 0 saturated carbocycles. The highest BCUT2D eigenvalue weighted by atomic mass is 16.5. The number of benzene rings is 1. The fraction of sp³-hybridized carbons (Fsp3) is 0.471. The minimum absolute atomic E-state index is 0.0162. The van der Waals surface area contributed by atoms with Crippen LogP contribution in [0.5, 0.6) is 0 Å². The third kappa shape index (κ3) is 3.50. The van der Waals surface area contributed by atoms with Crippen LogP contribution in [0.3, 0.4) is 0 Å². The van der Waals surface area contributed by atoms with Crippen molar-refractivity contribution in [3.8, 4) is 0 Å². The number of nitrogens with one attached hydrogen (secondary N) is 1. The number of ether oxygens (including phenoxy) is 1. The zero-order chi connectivity index (χ0) is 17.1. The first kappa shape index (κ1) is 16.3. The van der Waals surface area contributed by atoms with Crippen LogP contribution >= 0.6 is 0 Å². The Hall–Kier alpha value is -2.57. The van der Waals surface area contributed by atoms with Gasteiger partial charge in [-0.2, -0.15) is 0 Å². The number of esters is 1. The minimum atomic E-state index is -0.505. The van der Waals surface area contributed by atoms with E-state index in [0.29, 0.717) is 43.6 Å². The van der Waals surface area contributed by atoms with Crippen LogP contribution < -0.4 is 5.76 Å². The molecule has 128 valence electrons. The smallest absolute Gasteiger partial charge is 0.417 e. The number of nitrogens with zero attached hydrogens (tertiary/aromatic N) is 1. The average molecular weight is 332 g/mol. The molecule has 1 fully saturated rings. The summed E-state index contributed by atoms with van der Waals surface area (Å²) in [6.45, 7) is 3.30. The lowest BCUT2D eigenvalue weighted by molar-refractivity contribution is -0.151. The number of H-pyrrole nitrogens is 1. The van der Waals surface area contributed by atoms with Crippen LogP contribution in [0.2, 0.25) is 0 Å². The summed E-state index contributed by atoms with van der Waals surface area (Å²) in [5, 5.41) is 0. The molecule has 1 aliphatic heterocycles. The van der Waals surface area contributed by atoms with Crippen molar-refractivity contribution in [1.29, 1.82) is 0 Å². The third-order valence-electron chi connectivity index (χ3n) is 4.31. The van der Waals surface area contributed by atoms with Gasteiger partial charge in [-0.3, -0.25) is 14.6 Å². The predicted molar refractivity (Wildman–Crippen MR) is 86.5 cm³/mol. The number of rotatable bonds is 4. The Morgan fingerprint density at radius 1 is 1.33 bits per heavy atom. The van der Waals surface area contributed by atoms with Gasteiger partial charge in [-0.05, 0) is 37.5 Å². The molecule has 1 aliphatic rings. The van der Waals surface area contributed by atoms with Gasteiger partial charge in [-0.15, -0.1) is 0 Å². The largest absolute Gasteiger partial charge is 0.466 e. The van der Waals surface area contributed by atoms with E-state index in [-0.39, 0.29) is 24.2 Å². The highest BCUT2D eigenvalue weighted by molar-refractivity contribution is 5.81. The van der Waals surface area contributed by atoms with E-state index in [1.54, 1.807) is 30.0 Å². The Labute approximate surface area is 138 Å². The van der Waals surface area contributed by atoms with Crippen molar-refractivity contribution in [3.05, 3.63) is 34.3 Å². The molecule has 2 aromatic rings. The van der Waals surface area contributed by atoms with Gasteiger partial charge in [0.2, 0.25) is 5.91 Å². The summed E-state index contributed by atoms with van der Waals surface area (Å²) in [6, 6.07) is 5.22. The number of amides is 1. The minimum Gasteiger partial charge on any atom is -0.466 e. The monoisotopic (exact) mass is 332 g/mol. The number of hydrogen-bond acceptors (Lipinski definition) is 5. The van der Waals surface area contributed by atoms with Crippen LogP contribution in [-0.2, 0) is 20.7 Å². The molecule has 0 unspecified atom stereocenters. The summed E-state index contributed by atoms with van der Waals surface area (Å²) >= 11 is 0. The number of piperidine rings is 1.